The second kappa shape index (κ2) is 10.3. The van der Waals surface area contributed by atoms with Gasteiger partial charge < -0.3 is 20.5 Å². The number of benzene rings is 1. The zero-order valence-electron chi connectivity index (χ0n) is 14.4. The summed E-state index contributed by atoms with van der Waals surface area (Å²) in [5, 5.41) is 15.1. The maximum absolute atomic E-state index is 11.9. The van der Waals surface area contributed by atoms with Crippen LogP contribution >= 0.6 is 0 Å². The number of carbonyl (C=O) groups is 1. The van der Waals surface area contributed by atoms with E-state index in [9.17, 15) is 9.90 Å². The predicted molar refractivity (Wildman–Crippen MR) is 98.8 cm³/mol. The van der Waals surface area contributed by atoms with Crippen molar-refractivity contribution in [2.45, 2.75) is 32.2 Å². The van der Waals surface area contributed by atoms with Crippen molar-refractivity contribution in [2.75, 3.05) is 23.8 Å². The second-order valence-corrected chi connectivity index (χ2v) is 5.68. The molecule has 0 bridgehead atoms. The van der Waals surface area contributed by atoms with Crippen molar-refractivity contribution in [3.63, 3.8) is 0 Å². The molecule has 6 heteroatoms. The number of aliphatic hydroxyl groups excluding tert-OH is 1. The summed E-state index contributed by atoms with van der Waals surface area (Å²) in [5.41, 5.74) is 0.650. The van der Waals surface area contributed by atoms with E-state index in [-0.39, 0.29) is 18.6 Å². The molecule has 1 heterocycles. The van der Waals surface area contributed by atoms with Crippen LogP contribution in [0.4, 0.5) is 11.5 Å². The van der Waals surface area contributed by atoms with Gasteiger partial charge in [0.2, 0.25) is 5.91 Å². The molecule has 0 aliphatic heterocycles. The first-order valence-corrected chi connectivity index (χ1v) is 8.52. The minimum absolute atomic E-state index is 0.0162. The van der Waals surface area contributed by atoms with Crippen LogP contribution < -0.4 is 15.4 Å². The third-order valence-electron chi connectivity index (χ3n) is 3.67. The highest BCUT2D eigenvalue weighted by molar-refractivity contribution is 5.90. The Morgan fingerprint density at radius 3 is 2.68 bits per heavy atom. The molecular formula is C19H25N3O3. The number of ether oxygens (including phenoxy) is 1. The van der Waals surface area contributed by atoms with Gasteiger partial charge in [-0.1, -0.05) is 25.1 Å². The van der Waals surface area contributed by atoms with Gasteiger partial charge in [0.15, 0.2) is 0 Å². The summed E-state index contributed by atoms with van der Waals surface area (Å²) in [7, 11) is 0. The molecule has 6 nitrogen and oxygen atoms in total. The molecule has 25 heavy (non-hydrogen) atoms. The highest BCUT2D eigenvalue weighted by Crippen LogP contribution is 2.12. The predicted octanol–water partition coefficient (Wildman–Crippen LogP) is 3.06. The fourth-order valence-corrected chi connectivity index (χ4v) is 2.20. The number of nitrogens with one attached hydrogen (secondary N) is 2. The third-order valence-corrected chi connectivity index (χ3v) is 3.67. The molecule has 0 spiro atoms. The summed E-state index contributed by atoms with van der Waals surface area (Å²) in [6.45, 7) is 2.55. The van der Waals surface area contributed by atoms with Gasteiger partial charge in [-0.05, 0) is 37.1 Å². The maximum atomic E-state index is 11.9. The van der Waals surface area contributed by atoms with E-state index in [1.807, 2.05) is 37.3 Å². The van der Waals surface area contributed by atoms with Crippen LogP contribution in [-0.2, 0) is 4.79 Å². The van der Waals surface area contributed by atoms with Crippen LogP contribution in [0.15, 0.2) is 48.7 Å². The number of rotatable bonds is 10. The van der Waals surface area contributed by atoms with E-state index >= 15 is 0 Å². The van der Waals surface area contributed by atoms with Gasteiger partial charge in [0.1, 0.15) is 11.6 Å². The molecule has 0 aliphatic carbocycles. The Labute approximate surface area is 148 Å². The summed E-state index contributed by atoms with van der Waals surface area (Å²) in [6, 6.07) is 13.1. The lowest BCUT2D eigenvalue weighted by molar-refractivity contribution is -0.116. The second-order valence-electron chi connectivity index (χ2n) is 5.68. The molecule has 1 aromatic heterocycles. The molecule has 0 fully saturated rings. The normalized spacial score (nSPS) is 11.6. The topological polar surface area (TPSA) is 83.5 Å². The number of aromatic nitrogens is 1. The van der Waals surface area contributed by atoms with Gasteiger partial charge in [0.25, 0.3) is 0 Å². The Balaban J connectivity index is 1.69. The van der Waals surface area contributed by atoms with Crippen LogP contribution in [-0.4, -0.2) is 35.3 Å². The van der Waals surface area contributed by atoms with E-state index in [0.717, 1.165) is 12.2 Å². The molecular weight excluding hydrogens is 318 g/mol. The van der Waals surface area contributed by atoms with Crippen LogP contribution in [0.5, 0.6) is 5.75 Å². The fraction of sp³-hybridized carbons (Fsp3) is 0.368. The average Bonchev–Trinajstić information content (AvgIpc) is 2.65. The summed E-state index contributed by atoms with van der Waals surface area (Å²) in [4.78, 5) is 16.2. The number of pyridine rings is 1. The highest BCUT2D eigenvalue weighted by Gasteiger charge is 2.06. The highest BCUT2D eigenvalue weighted by atomic mass is 16.5. The smallest absolute Gasteiger partial charge is 0.224 e. The van der Waals surface area contributed by atoms with E-state index in [0.29, 0.717) is 31.0 Å². The van der Waals surface area contributed by atoms with Gasteiger partial charge in [-0.25, -0.2) is 4.98 Å². The molecule has 3 N–H and O–H groups in total. The van der Waals surface area contributed by atoms with E-state index in [4.69, 9.17) is 4.74 Å². The molecule has 0 radical (unpaired) electrons. The van der Waals surface area contributed by atoms with Crippen LogP contribution in [0.2, 0.25) is 0 Å². The number of aliphatic hydroxyl groups is 1. The third kappa shape index (κ3) is 6.81. The van der Waals surface area contributed by atoms with Crippen molar-refractivity contribution in [1.29, 1.82) is 0 Å². The first kappa shape index (κ1) is 18.7. The Kier molecular flexibility index (Phi) is 7.72. The first-order valence-electron chi connectivity index (χ1n) is 8.52. The molecule has 0 saturated heterocycles. The van der Waals surface area contributed by atoms with Gasteiger partial charge in [0.05, 0.1) is 31.1 Å². The average molecular weight is 343 g/mol. The van der Waals surface area contributed by atoms with Gasteiger partial charge >= 0.3 is 0 Å². The summed E-state index contributed by atoms with van der Waals surface area (Å²) in [5.74, 6) is 1.42. The van der Waals surface area contributed by atoms with E-state index in [1.54, 1.807) is 18.3 Å². The summed E-state index contributed by atoms with van der Waals surface area (Å²) >= 11 is 0. The lowest BCUT2D eigenvalue weighted by Gasteiger charge is -2.14. The minimum atomic E-state index is -0.0686. The lowest BCUT2D eigenvalue weighted by atomic mass is 10.2. The zero-order valence-corrected chi connectivity index (χ0v) is 14.4. The van der Waals surface area contributed by atoms with Gasteiger partial charge in [0, 0.05) is 6.42 Å². The first-order chi connectivity index (χ1) is 12.2. The molecule has 0 aliphatic rings. The van der Waals surface area contributed by atoms with Crippen molar-refractivity contribution in [3.8, 4) is 5.75 Å². The number of anilines is 2. The standard InChI is InChI=1S/C19H25N3O3/c1-2-15(14-23)21-18-11-10-16(13-20-18)22-19(24)9-6-12-25-17-7-4-3-5-8-17/h3-5,7-8,10-11,13,15,23H,2,6,9,12,14H2,1H3,(H,20,21)(H,22,24). The van der Waals surface area contributed by atoms with Crippen molar-refractivity contribution < 1.29 is 14.6 Å². The monoisotopic (exact) mass is 343 g/mol. The zero-order chi connectivity index (χ0) is 17.9. The van der Waals surface area contributed by atoms with Crippen molar-refractivity contribution in [3.05, 3.63) is 48.7 Å². The van der Waals surface area contributed by atoms with E-state index < -0.39 is 0 Å². The quantitative estimate of drug-likeness (QED) is 0.578. The molecule has 2 aromatic rings. The largest absolute Gasteiger partial charge is 0.494 e. The van der Waals surface area contributed by atoms with Crippen LogP contribution in [0.3, 0.4) is 0 Å². The molecule has 1 amide bonds. The molecule has 1 aromatic carbocycles. The van der Waals surface area contributed by atoms with E-state index in [1.165, 1.54) is 0 Å². The SMILES string of the molecule is CCC(CO)Nc1ccc(NC(=O)CCCOc2ccccc2)cn1. The molecule has 1 unspecified atom stereocenters. The number of hydrogen-bond donors (Lipinski definition) is 3. The van der Waals surface area contributed by atoms with Crippen molar-refractivity contribution in [1.82, 2.24) is 4.98 Å². The maximum Gasteiger partial charge on any atom is 0.224 e. The lowest BCUT2D eigenvalue weighted by Crippen LogP contribution is -2.23. The number of carbonyl (C=O) groups excluding carboxylic acids is 1. The number of amides is 1. The van der Waals surface area contributed by atoms with Gasteiger partial charge in [-0.2, -0.15) is 0 Å². The summed E-state index contributed by atoms with van der Waals surface area (Å²) in [6.07, 6.45) is 3.43. The van der Waals surface area contributed by atoms with Crippen LogP contribution in [0.25, 0.3) is 0 Å². The van der Waals surface area contributed by atoms with E-state index in [2.05, 4.69) is 15.6 Å². The Morgan fingerprint density at radius 1 is 1.24 bits per heavy atom. The molecule has 134 valence electrons. The molecule has 2 rings (SSSR count). The summed E-state index contributed by atoms with van der Waals surface area (Å²) < 4.78 is 5.56. The Hall–Kier alpha value is -2.60. The van der Waals surface area contributed by atoms with Gasteiger partial charge in [-0.3, -0.25) is 4.79 Å². The number of hydrogen-bond acceptors (Lipinski definition) is 5. The fourth-order valence-electron chi connectivity index (χ4n) is 2.20. The van der Waals surface area contributed by atoms with Crippen LogP contribution in [0.1, 0.15) is 26.2 Å². The molecule has 0 saturated carbocycles. The Bertz CT molecular complexity index is 628. The number of para-hydroxylation sites is 1. The van der Waals surface area contributed by atoms with Gasteiger partial charge in [-0.15, -0.1) is 0 Å². The molecule has 1 atom stereocenters. The minimum Gasteiger partial charge on any atom is -0.494 e. The van der Waals surface area contributed by atoms with Crippen molar-refractivity contribution >= 4 is 17.4 Å². The Morgan fingerprint density at radius 2 is 2.04 bits per heavy atom. The van der Waals surface area contributed by atoms with Crippen molar-refractivity contribution in [2.24, 2.45) is 0 Å². The number of nitrogens with zero attached hydrogens (tertiary/aromatic N) is 1. The van der Waals surface area contributed by atoms with Crippen LogP contribution in [0, 0.1) is 0 Å².